The fourth-order valence-electron chi connectivity index (χ4n) is 9.21. The molecule has 0 radical (unpaired) electrons. The molecule has 0 saturated heterocycles. The number of hydrogen-bond acceptors (Lipinski definition) is 2. The number of allylic oxidation sites excluding steroid dienone is 2. The van der Waals surface area contributed by atoms with E-state index in [1.165, 1.54) is 55.9 Å². The van der Waals surface area contributed by atoms with Gasteiger partial charge in [0.05, 0.1) is 5.56 Å². The number of carbonyl (C=O) groups is 1. The number of rotatable bonds is 4. The van der Waals surface area contributed by atoms with E-state index in [4.69, 9.17) is 4.74 Å². The first kappa shape index (κ1) is 20.3. The second kappa shape index (κ2) is 7.20. The second-order valence-corrected chi connectivity index (χ2v) is 12.3. The van der Waals surface area contributed by atoms with Crippen LogP contribution in [-0.2, 0) is 4.74 Å². The molecular formula is C31H36O2. The Kier molecular flexibility index (Phi) is 4.43. The highest BCUT2D eigenvalue weighted by molar-refractivity contribution is 6.05. The normalized spacial score (nSPS) is 36.7. The highest BCUT2D eigenvalue weighted by atomic mass is 16.6. The van der Waals surface area contributed by atoms with Crippen LogP contribution >= 0.6 is 0 Å². The van der Waals surface area contributed by atoms with Crippen LogP contribution in [0.5, 0.6) is 0 Å². The van der Waals surface area contributed by atoms with E-state index in [1.54, 1.807) is 0 Å². The van der Waals surface area contributed by atoms with E-state index in [0.29, 0.717) is 11.8 Å². The number of carbonyl (C=O) groups excluding carboxylic acids is 1. The number of esters is 1. The van der Waals surface area contributed by atoms with Gasteiger partial charge >= 0.3 is 5.97 Å². The lowest BCUT2D eigenvalue weighted by Crippen LogP contribution is -2.35. The molecule has 2 aromatic rings. The summed E-state index contributed by atoms with van der Waals surface area (Å²) in [6.45, 7) is 4.21. The van der Waals surface area contributed by atoms with E-state index in [0.717, 1.165) is 46.5 Å². The van der Waals surface area contributed by atoms with Gasteiger partial charge in [-0.1, -0.05) is 55.3 Å². The summed E-state index contributed by atoms with van der Waals surface area (Å²) in [7, 11) is 0. The van der Waals surface area contributed by atoms with Gasteiger partial charge in [-0.15, -0.1) is 0 Å². The van der Waals surface area contributed by atoms with Crippen LogP contribution in [0.25, 0.3) is 10.8 Å². The molecule has 2 heteroatoms. The average Bonchev–Trinajstić information content (AvgIpc) is 3.62. The predicted octanol–water partition coefficient (Wildman–Crippen LogP) is 7.53. The molecule has 4 bridgehead atoms. The third-order valence-electron chi connectivity index (χ3n) is 10.5. The van der Waals surface area contributed by atoms with Crippen LogP contribution < -0.4 is 0 Å². The Balaban J connectivity index is 1.21. The first-order valence-corrected chi connectivity index (χ1v) is 13.4. The molecule has 2 aromatic carbocycles. The van der Waals surface area contributed by atoms with E-state index >= 15 is 0 Å². The standard InChI is InChI=1S/C31H36O2/c1-31(2,21-7-3-4-8-21)33-30(32)25-12-6-9-22-23(25)10-5-11-24(22)26-16-20-17-27(26)29-19-14-13-18(15-19)28(20)29/h5-6,9-14,18-21,26-29H,3-4,7-8,15-17H2,1-2H3. The zero-order valence-electron chi connectivity index (χ0n) is 20.0. The molecule has 5 aliphatic rings. The Morgan fingerprint density at radius 2 is 1.61 bits per heavy atom. The van der Waals surface area contributed by atoms with E-state index < -0.39 is 5.60 Å². The van der Waals surface area contributed by atoms with Crippen molar-refractivity contribution in [1.82, 2.24) is 0 Å². The molecule has 0 amide bonds. The predicted molar refractivity (Wildman–Crippen MR) is 132 cm³/mol. The summed E-state index contributed by atoms with van der Waals surface area (Å²) in [6, 6.07) is 12.9. The van der Waals surface area contributed by atoms with Crippen molar-refractivity contribution in [2.45, 2.75) is 70.3 Å². The van der Waals surface area contributed by atoms with Crippen LogP contribution in [0, 0.1) is 41.4 Å². The fraction of sp³-hybridized carbons (Fsp3) is 0.581. The second-order valence-electron chi connectivity index (χ2n) is 12.3. The lowest BCUT2D eigenvalue weighted by atomic mass is 9.67. The lowest BCUT2D eigenvalue weighted by molar-refractivity contribution is -0.0283. The first-order chi connectivity index (χ1) is 16.0. The van der Waals surface area contributed by atoms with Gasteiger partial charge in [-0.05, 0) is 116 Å². The molecule has 5 aliphatic carbocycles. The Morgan fingerprint density at radius 3 is 2.42 bits per heavy atom. The van der Waals surface area contributed by atoms with Crippen molar-refractivity contribution in [2.24, 2.45) is 41.4 Å². The third-order valence-corrected chi connectivity index (χ3v) is 10.5. The Morgan fingerprint density at radius 1 is 0.879 bits per heavy atom. The van der Waals surface area contributed by atoms with Crippen LogP contribution in [0.15, 0.2) is 48.6 Å². The number of hydrogen-bond donors (Lipinski definition) is 0. The van der Waals surface area contributed by atoms with Crippen molar-refractivity contribution in [2.75, 3.05) is 0 Å². The van der Waals surface area contributed by atoms with E-state index in [-0.39, 0.29) is 5.97 Å². The summed E-state index contributed by atoms with van der Waals surface area (Å²) in [6.07, 6.45) is 14.1. The van der Waals surface area contributed by atoms with Gasteiger partial charge in [0, 0.05) is 0 Å². The summed E-state index contributed by atoms with van der Waals surface area (Å²) in [5.41, 5.74) is 1.82. The molecule has 2 nitrogen and oxygen atoms in total. The van der Waals surface area contributed by atoms with Gasteiger partial charge in [-0.3, -0.25) is 0 Å². The Labute approximate surface area is 197 Å². The minimum Gasteiger partial charge on any atom is -0.456 e. The van der Waals surface area contributed by atoms with Crippen molar-refractivity contribution < 1.29 is 9.53 Å². The van der Waals surface area contributed by atoms with E-state index in [1.807, 2.05) is 6.07 Å². The van der Waals surface area contributed by atoms with Gasteiger partial charge in [0.2, 0.25) is 0 Å². The molecule has 7 atom stereocenters. The fourth-order valence-corrected chi connectivity index (χ4v) is 9.21. The summed E-state index contributed by atoms with van der Waals surface area (Å²) in [5.74, 6) is 6.26. The van der Waals surface area contributed by atoms with Gasteiger partial charge in [0.1, 0.15) is 5.60 Å². The van der Waals surface area contributed by atoms with Crippen LogP contribution in [0.3, 0.4) is 0 Å². The average molecular weight is 441 g/mol. The molecule has 0 heterocycles. The van der Waals surface area contributed by atoms with Crippen LogP contribution in [0.4, 0.5) is 0 Å². The molecule has 7 rings (SSSR count). The van der Waals surface area contributed by atoms with Crippen LogP contribution in [0.2, 0.25) is 0 Å². The van der Waals surface area contributed by atoms with Crippen molar-refractivity contribution in [3.8, 4) is 0 Å². The molecule has 0 aromatic heterocycles. The van der Waals surface area contributed by atoms with Crippen molar-refractivity contribution in [3.63, 3.8) is 0 Å². The largest absolute Gasteiger partial charge is 0.456 e. The van der Waals surface area contributed by atoms with Crippen molar-refractivity contribution >= 4 is 16.7 Å². The molecular weight excluding hydrogens is 404 g/mol. The molecule has 4 fully saturated rings. The quantitative estimate of drug-likeness (QED) is 0.279. The van der Waals surface area contributed by atoms with Gasteiger partial charge in [0.25, 0.3) is 0 Å². The number of ether oxygens (including phenoxy) is 1. The SMILES string of the molecule is CC(C)(OC(=O)c1cccc2c(C3CC4CC3C3C5C=CC(C5)C43)cccc12)C1CCCC1. The highest BCUT2D eigenvalue weighted by Gasteiger charge is 2.61. The molecule has 7 unspecified atom stereocenters. The lowest BCUT2D eigenvalue weighted by Gasteiger charge is -2.37. The molecule has 33 heavy (non-hydrogen) atoms. The number of fused-ring (bicyclic) bond motifs is 10. The summed E-state index contributed by atoms with van der Waals surface area (Å²) in [4.78, 5) is 13.4. The van der Waals surface area contributed by atoms with E-state index in [9.17, 15) is 4.79 Å². The molecule has 0 spiro atoms. The van der Waals surface area contributed by atoms with E-state index in [2.05, 4.69) is 56.3 Å². The minimum absolute atomic E-state index is 0.152. The Hall–Kier alpha value is -2.09. The summed E-state index contributed by atoms with van der Waals surface area (Å²) < 4.78 is 6.17. The summed E-state index contributed by atoms with van der Waals surface area (Å²) in [5, 5.41) is 2.35. The topological polar surface area (TPSA) is 26.3 Å². The molecule has 0 N–H and O–H groups in total. The summed E-state index contributed by atoms with van der Waals surface area (Å²) >= 11 is 0. The zero-order valence-corrected chi connectivity index (χ0v) is 20.0. The highest BCUT2D eigenvalue weighted by Crippen LogP contribution is 2.69. The van der Waals surface area contributed by atoms with Crippen molar-refractivity contribution in [1.29, 1.82) is 0 Å². The van der Waals surface area contributed by atoms with Crippen molar-refractivity contribution in [3.05, 3.63) is 59.7 Å². The van der Waals surface area contributed by atoms with Gasteiger partial charge < -0.3 is 4.74 Å². The Bertz CT molecular complexity index is 1140. The van der Waals surface area contributed by atoms with Crippen LogP contribution in [0.1, 0.15) is 80.6 Å². The smallest absolute Gasteiger partial charge is 0.339 e. The maximum absolute atomic E-state index is 13.4. The maximum atomic E-state index is 13.4. The molecule has 4 saturated carbocycles. The molecule has 0 aliphatic heterocycles. The first-order valence-electron chi connectivity index (χ1n) is 13.4. The minimum atomic E-state index is -0.401. The third kappa shape index (κ3) is 2.95. The van der Waals surface area contributed by atoms with Crippen LogP contribution in [-0.4, -0.2) is 11.6 Å². The molecule has 172 valence electrons. The monoisotopic (exact) mass is 440 g/mol. The van der Waals surface area contributed by atoms with Gasteiger partial charge in [0.15, 0.2) is 0 Å². The van der Waals surface area contributed by atoms with Gasteiger partial charge in [-0.25, -0.2) is 4.79 Å². The zero-order chi connectivity index (χ0) is 22.3. The number of benzene rings is 2. The maximum Gasteiger partial charge on any atom is 0.339 e. The van der Waals surface area contributed by atoms with Gasteiger partial charge in [-0.2, -0.15) is 0 Å².